The number of guanidine groups is 1. The van der Waals surface area contributed by atoms with Gasteiger partial charge in [0.25, 0.3) is 0 Å². The monoisotopic (exact) mass is 490 g/mol. The Hall–Kier alpha value is -0.930. The molecule has 1 saturated heterocycles. The molecule has 0 radical (unpaired) electrons. The molecule has 0 spiro atoms. The third-order valence-corrected chi connectivity index (χ3v) is 4.43. The minimum absolute atomic E-state index is 0. The highest BCUT2D eigenvalue weighted by molar-refractivity contribution is 14.0. The summed E-state index contributed by atoms with van der Waals surface area (Å²) in [6, 6.07) is 4.18. The van der Waals surface area contributed by atoms with Gasteiger partial charge in [-0.2, -0.15) is 0 Å². The summed E-state index contributed by atoms with van der Waals surface area (Å²) in [4.78, 5) is 8.95. The first kappa shape index (κ1) is 24.1. The van der Waals surface area contributed by atoms with Crippen molar-refractivity contribution >= 4 is 29.9 Å². The molecule has 0 atom stereocenters. The first-order chi connectivity index (χ1) is 12.8. The quantitative estimate of drug-likeness (QED) is 0.229. The van der Waals surface area contributed by atoms with Gasteiger partial charge in [0.1, 0.15) is 0 Å². The summed E-state index contributed by atoms with van der Waals surface area (Å²) < 4.78 is 11.2. The minimum atomic E-state index is 0. The van der Waals surface area contributed by atoms with Crippen LogP contribution in [0.1, 0.15) is 37.4 Å². The van der Waals surface area contributed by atoms with Gasteiger partial charge in [-0.25, -0.2) is 0 Å². The second-order valence-electron chi connectivity index (χ2n) is 6.73. The molecule has 0 amide bonds. The second-order valence-corrected chi connectivity index (χ2v) is 6.73. The average molecular weight is 490 g/mol. The van der Waals surface area contributed by atoms with E-state index in [0.717, 1.165) is 83.4 Å². The molecule has 0 aliphatic carbocycles. The fourth-order valence-corrected chi connectivity index (χ4v) is 2.83. The Balaban J connectivity index is 0.00000364. The largest absolute Gasteiger partial charge is 0.381 e. The molecule has 27 heavy (non-hydrogen) atoms. The van der Waals surface area contributed by atoms with Crippen molar-refractivity contribution in [2.75, 3.05) is 46.1 Å². The van der Waals surface area contributed by atoms with Crippen LogP contribution < -0.4 is 10.6 Å². The number of rotatable bonds is 10. The fourth-order valence-electron chi connectivity index (χ4n) is 2.83. The van der Waals surface area contributed by atoms with E-state index >= 15 is 0 Å². The molecule has 0 bridgehead atoms. The van der Waals surface area contributed by atoms with E-state index in [1.165, 1.54) is 5.56 Å². The zero-order chi connectivity index (χ0) is 18.5. The standard InChI is InChI=1S/C20H34N4O2.HI/c1-3-21-20(23-11-7-18-6-5-17(2)24-15-18)22-10-4-12-26-16-19-8-13-25-14-9-19;/h5-6,15,19H,3-4,7-14,16H2,1-2H3,(H2,21,22,23);1H. The lowest BCUT2D eigenvalue weighted by Gasteiger charge is -2.21. The van der Waals surface area contributed by atoms with E-state index in [2.05, 4.69) is 39.7 Å². The Bertz CT molecular complexity index is 519. The van der Waals surface area contributed by atoms with Crippen molar-refractivity contribution in [1.29, 1.82) is 0 Å². The van der Waals surface area contributed by atoms with Gasteiger partial charge in [-0.15, -0.1) is 24.0 Å². The van der Waals surface area contributed by atoms with Crippen LogP contribution in [0.25, 0.3) is 0 Å². The van der Waals surface area contributed by atoms with Gasteiger partial charge in [0.2, 0.25) is 0 Å². The van der Waals surface area contributed by atoms with Gasteiger partial charge < -0.3 is 20.1 Å². The molecular formula is C20H35IN4O2. The molecule has 1 aliphatic rings. The number of aliphatic imine (C=N–C) groups is 1. The van der Waals surface area contributed by atoms with Gasteiger partial charge >= 0.3 is 0 Å². The highest BCUT2D eigenvalue weighted by atomic mass is 127. The maximum Gasteiger partial charge on any atom is 0.191 e. The molecule has 2 N–H and O–H groups in total. The lowest BCUT2D eigenvalue weighted by Crippen LogP contribution is -2.38. The molecule has 1 aromatic heterocycles. The number of nitrogens with zero attached hydrogens (tertiary/aromatic N) is 2. The number of aryl methyl sites for hydroxylation is 1. The third kappa shape index (κ3) is 10.8. The lowest BCUT2D eigenvalue weighted by atomic mass is 10.0. The molecule has 2 rings (SSSR count). The SMILES string of the molecule is CCNC(=NCCCOCC1CCOCC1)NCCc1ccc(C)nc1.I. The Morgan fingerprint density at radius 2 is 2.11 bits per heavy atom. The zero-order valence-corrected chi connectivity index (χ0v) is 19.0. The van der Waals surface area contributed by atoms with E-state index in [1.54, 1.807) is 0 Å². The molecule has 1 fully saturated rings. The van der Waals surface area contributed by atoms with Gasteiger partial charge in [-0.05, 0) is 57.1 Å². The molecule has 7 heteroatoms. The number of hydrogen-bond donors (Lipinski definition) is 2. The van der Waals surface area contributed by atoms with Crippen LogP contribution in [0, 0.1) is 12.8 Å². The molecular weight excluding hydrogens is 455 g/mol. The summed E-state index contributed by atoms with van der Waals surface area (Å²) in [6.07, 6.45) is 6.08. The summed E-state index contributed by atoms with van der Waals surface area (Å²) in [5, 5.41) is 6.67. The molecule has 1 aromatic rings. The number of aromatic nitrogens is 1. The van der Waals surface area contributed by atoms with E-state index in [9.17, 15) is 0 Å². The van der Waals surface area contributed by atoms with Gasteiger partial charge in [-0.3, -0.25) is 9.98 Å². The Morgan fingerprint density at radius 1 is 1.30 bits per heavy atom. The maximum atomic E-state index is 5.79. The van der Waals surface area contributed by atoms with Gasteiger partial charge in [0, 0.05) is 58.0 Å². The fraction of sp³-hybridized carbons (Fsp3) is 0.700. The molecule has 1 aliphatic heterocycles. The summed E-state index contributed by atoms with van der Waals surface area (Å²) in [7, 11) is 0. The Morgan fingerprint density at radius 3 is 2.81 bits per heavy atom. The van der Waals surface area contributed by atoms with Crippen molar-refractivity contribution in [2.45, 2.75) is 39.5 Å². The zero-order valence-electron chi connectivity index (χ0n) is 16.7. The predicted molar refractivity (Wildman–Crippen MR) is 121 cm³/mol. The number of nitrogens with one attached hydrogen (secondary N) is 2. The van der Waals surface area contributed by atoms with E-state index < -0.39 is 0 Å². The van der Waals surface area contributed by atoms with Gasteiger partial charge in [0.05, 0.1) is 0 Å². The van der Waals surface area contributed by atoms with Crippen molar-refractivity contribution in [2.24, 2.45) is 10.9 Å². The molecule has 0 aromatic carbocycles. The highest BCUT2D eigenvalue weighted by Gasteiger charge is 2.13. The van der Waals surface area contributed by atoms with E-state index in [1.807, 2.05) is 13.1 Å². The topological polar surface area (TPSA) is 67.8 Å². The number of hydrogen-bond acceptors (Lipinski definition) is 4. The summed E-state index contributed by atoms with van der Waals surface area (Å²) in [5.74, 6) is 1.54. The van der Waals surface area contributed by atoms with Crippen molar-refractivity contribution < 1.29 is 9.47 Å². The van der Waals surface area contributed by atoms with Crippen LogP contribution in [0.3, 0.4) is 0 Å². The molecule has 0 saturated carbocycles. The lowest BCUT2D eigenvalue weighted by molar-refractivity contribution is 0.0205. The van der Waals surface area contributed by atoms with Crippen molar-refractivity contribution in [3.05, 3.63) is 29.6 Å². The molecule has 6 nitrogen and oxygen atoms in total. The number of halogens is 1. The molecule has 0 unspecified atom stereocenters. The van der Waals surface area contributed by atoms with Crippen molar-refractivity contribution in [3.63, 3.8) is 0 Å². The van der Waals surface area contributed by atoms with Crippen LogP contribution in [0.4, 0.5) is 0 Å². The van der Waals surface area contributed by atoms with Crippen LogP contribution in [0.15, 0.2) is 23.3 Å². The average Bonchev–Trinajstić information content (AvgIpc) is 2.67. The Labute approximate surface area is 180 Å². The smallest absolute Gasteiger partial charge is 0.191 e. The van der Waals surface area contributed by atoms with Crippen LogP contribution in [-0.4, -0.2) is 57.0 Å². The molecule has 154 valence electrons. The van der Waals surface area contributed by atoms with Crippen LogP contribution >= 0.6 is 24.0 Å². The van der Waals surface area contributed by atoms with Crippen molar-refractivity contribution in [3.8, 4) is 0 Å². The maximum absolute atomic E-state index is 5.79. The first-order valence-corrected chi connectivity index (χ1v) is 9.87. The van der Waals surface area contributed by atoms with E-state index in [0.29, 0.717) is 5.92 Å². The first-order valence-electron chi connectivity index (χ1n) is 9.87. The van der Waals surface area contributed by atoms with Crippen molar-refractivity contribution in [1.82, 2.24) is 15.6 Å². The van der Waals surface area contributed by atoms with Gasteiger partial charge in [-0.1, -0.05) is 6.07 Å². The Kier molecular flexibility index (Phi) is 13.4. The summed E-state index contributed by atoms with van der Waals surface area (Å²) in [6.45, 7) is 9.96. The summed E-state index contributed by atoms with van der Waals surface area (Å²) in [5.41, 5.74) is 2.29. The van der Waals surface area contributed by atoms with Crippen LogP contribution in [-0.2, 0) is 15.9 Å². The normalized spacial score (nSPS) is 15.3. The minimum Gasteiger partial charge on any atom is -0.381 e. The number of ether oxygens (including phenoxy) is 2. The highest BCUT2D eigenvalue weighted by Crippen LogP contribution is 2.14. The summed E-state index contributed by atoms with van der Waals surface area (Å²) >= 11 is 0. The van der Waals surface area contributed by atoms with E-state index in [-0.39, 0.29) is 24.0 Å². The van der Waals surface area contributed by atoms with Crippen LogP contribution in [0.2, 0.25) is 0 Å². The number of pyridine rings is 1. The molecule has 2 heterocycles. The predicted octanol–water partition coefficient (Wildman–Crippen LogP) is 2.94. The second kappa shape index (κ2) is 15.0. The third-order valence-electron chi connectivity index (χ3n) is 4.43. The van der Waals surface area contributed by atoms with Crippen LogP contribution in [0.5, 0.6) is 0 Å². The van der Waals surface area contributed by atoms with E-state index in [4.69, 9.17) is 9.47 Å². The van der Waals surface area contributed by atoms with Gasteiger partial charge in [0.15, 0.2) is 5.96 Å².